The van der Waals surface area contributed by atoms with Crippen LogP contribution < -0.4 is 10.5 Å². The predicted molar refractivity (Wildman–Crippen MR) is 80.0 cm³/mol. The Morgan fingerprint density at radius 1 is 1.32 bits per heavy atom. The highest BCUT2D eigenvalue weighted by molar-refractivity contribution is 6.31. The van der Waals surface area contributed by atoms with Gasteiger partial charge in [0, 0.05) is 18.1 Å². The van der Waals surface area contributed by atoms with Gasteiger partial charge in [0.25, 0.3) is 5.56 Å². The van der Waals surface area contributed by atoms with Gasteiger partial charge in [0.15, 0.2) is 0 Å². The average Bonchev–Trinajstić information content (AvgIpc) is 2.39. The number of halogens is 1. The van der Waals surface area contributed by atoms with Gasteiger partial charge in [-0.15, -0.1) is 13.2 Å². The third-order valence-corrected chi connectivity index (χ3v) is 2.89. The lowest BCUT2D eigenvalue weighted by molar-refractivity contribution is 0.891. The summed E-state index contributed by atoms with van der Waals surface area (Å²) in [4.78, 5) is 21.1. The average molecular weight is 276 g/mol. The standard InChI is InChI=1S/C14H14ClN3O/c1-3-7-18(8-4-2)14-16-12-6-5-10(15)9-11(12)13(19)17-14/h3-6,9H,1-2,7-8H2,(H,16,17,19). The number of fused-ring (bicyclic) bond motifs is 1. The fraction of sp³-hybridized carbons (Fsp3) is 0.143. The molecule has 0 saturated heterocycles. The molecule has 0 spiro atoms. The Bertz CT molecular complexity index is 668. The van der Waals surface area contributed by atoms with Crippen molar-refractivity contribution in [2.24, 2.45) is 0 Å². The van der Waals surface area contributed by atoms with Gasteiger partial charge in [0.05, 0.1) is 10.9 Å². The van der Waals surface area contributed by atoms with E-state index < -0.39 is 0 Å². The summed E-state index contributed by atoms with van der Waals surface area (Å²) in [6, 6.07) is 5.06. The molecule has 19 heavy (non-hydrogen) atoms. The quantitative estimate of drug-likeness (QED) is 0.854. The van der Waals surface area contributed by atoms with Crippen molar-refractivity contribution >= 4 is 28.5 Å². The SMILES string of the molecule is C=CCN(CC=C)c1nc2ccc(Cl)cc2c(=O)[nH]1. The van der Waals surface area contributed by atoms with E-state index in [9.17, 15) is 4.79 Å². The van der Waals surface area contributed by atoms with E-state index in [0.717, 1.165) is 0 Å². The van der Waals surface area contributed by atoms with E-state index in [4.69, 9.17) is 11.6 Å². The molecule has 0 aliphatic rings. The van der Waals surface area contributed by atoms with E-state index >= 15 is 0 Å². The number of benzene rings is 1. The van der Waals surface area contributed by atoms with Crippen LogP contribution in [0.3, 0.4) is 0 Å². The van der Waals surface area contributed by atoms with Gasteiger partial charge in [-0.3, -0.25) is 9.78 Å². The van der Waals surface area contributed by atoms with Crippen LogP contribution in [0.2, 0.25) is 5.02 Å². The molecule has 1 aromatic heterocycles. The maximum Gasteiger partial charge on any atom is 0.260 e. The second kappa shape index (κ2) is 5.71. The van der Waals surface area contributed by atoms with Crippen LogP contribution in [0.1, 0.15) is 0 Å². The topological polar surface area (TPSA) is 49.0 Å². The van der Waals surface area contributed by atoms with E-state index in [1.165, 1.54) is 0 Å². The van der Waals surface area contributed by atoms with Crippen LogP contribution >= 0.6 is 11.6 Å². The Labute approximate surface area is 116 Å². The molecule has 0 atom stereocenters. The van der Waals surface area contributed by atoms with Crippen molar-refractivity contribution in [3.63, 3.8) is 0 Å². The lowest BCUT2D eigenvalue weighted by Crippen LogP contribution is -2.27. The monoisotopic (exact) mass is 275 g/mol. The van der Waals surface area contributed by atoms with Crippen LogP contribution in [0.5, 0.6) is 0 Å². The van der Waals surface area contributed by atoms with Gasteiger partial charge in [-0.2, -0.15) is 0 Å². The number of hydrogen-bond donors (Lipinski definition) is 1. The first-order valence-electron chi connectivity index (χ1n) is 5.82. The number of aromatic amines is 1. The third kappa shape index (κ3) is 2.85. The largest absolute Gasteiger partial charge is 0.335 e. The zero-order valence-corrected chi connectivity index (χ0v) is 11.2. The van der Waals surface area contributed by atoms with Gasteiger partial charge >= 0.3 is 0 Å². The van der Waals surface area contributed by atoms with Crippen molar-refractivity contribution < 1.29 is 0 Å². The molecular formula is C14H14ClN3O. The van der Waals surface area contributed by atoms with Crippen LogP contribution in [-0.2, 0) is 0 Å². The maximum atomic E-state index is 12.0. The highest BCUT2D eigenvalue weighted by Gasteiger charge is 2.09. The molecule has 98 valence electrons. The molecule has 0 aliphatic heterocycles. The molecule has 0 bridgehead atoms. The lowest BCUT2D eigenvalue weighted by Gasteiger charge is -2.19. The number of rotatable bonds is 5. The molecule has 1 N–H and O–H groups in total. The first-order chi connectivity index (χ1) is 9.15. The van der Waals surface area contributed by atoms with Gasteiger partial charge < -0.3 is 4.90 Å². The molecule has 0 radical (unpaired) electrons. The van der Waals surface area contributed by atoms with E-state index in [2.05, 4.69) is 23.1 Å². The number of nitrogens with zero attached hydrogens (tertiary/aromatic N) is 2. The number of hydrogen-bond acceptors (Lipinski definition) is 3. The summed E-state index contributed by atoms with van der Waals surface area (Å²) >= 11 is 5.87. The summed E-state index contributed by atoms with van der Waals surface area (Å²) in [5.41, 5.74) is 0.405. The van der Waals surface area contributed by atoms with Crippen molar-refractivity contribution in [2.75, 3.05) is 18.0 Å². The second-order valence-corrected chi connectivity index (χ2v) is 4.47. The summed E-state index contributed by atoms with van der Waals surface area (Å²) in [5.74, 6) is 0.500. The Kier molecular flexibility index (Phi) is 4.02. The molecule has 1 heterocycles. The maximum absolute atomic E-state index is 12.0. The van der Waals surface area contributed by atoms with E-state index in [-0.39, 0.29) is 5.56 Å². The molecule has 0 unspecified atom stereocenters. The molecule has 2 rings (SSSR count). The summed E-state index contributed by atoms with van der Waals surface area (Å²) in [6.45, 7) is 8.54. The van der Waals surface area contributed by atoms with Crippen LogP contribution in [0, 0.1) is 0 Å². The van der Waals surface area contributed by atoms with E-state index in [1.54, 1.807) is 30.4 Å². The normalized spacial score (nSPS) is 10.4. The van der Waals surface area contributed by atoms with E-state index in [0.29, 0.717) is 35.0 Å². The number of anilines is 1. The van der Waals surface area contributed by atoms with Crippen LogP contribution in [-0.4, -0.2) is 23.1 Å². The minimum atomic E-state index is -0.208. The van der Waals surface area contributed by atoms with Gasteiger partial charge in [-0.25, -0.2) is 4.98 Å². The lowest BCUT2D eigenvalue weighted by atomic mass is 10.2. The van der Waals surface area contributed by atoms with Crippen molar-refractivity contribution in [1.82, 2.24) is 9.97 Å². The Morgan fingerprint density at radius 3 is 2.63 bits per heavy atom. The smallest absolute Gasteiger partial charge is 0.260 e. The van der Waals surface area contributed by atoms with Crippen molar-refractivity contribution in [3.8, 4) is 0 Å². The first-order valence-corrected chi connectivity index (χ1v) is 6.20. The highest BCUT2D eigenvalue weighted by Crippen LogP contribution is 2.16. The third-order valence-electron chi connectivity index (χ3n) is 2.65. The van der Waals surface area contributed by atoms with Crippen molar-refractivity contribution in [1.29, 1.82) is 0 Å². The highest BCUT2D eigenvalue weighted by atomic mass is 35.5. The van der Waals surface area contributed by atoms with Gasteiger partial charge in [0.1, 0.15) is 0 Å². The fourth-order valence-electron chi connectivity index (χ4n) is 1.81. The Morgan fingerprint density at radius 2 is 2.00 bits per heavy atom. The summed E-state index contributed by atoms with van der Waals surface area (Å²) in [6.07, 6.45) is 3.49. The van der Waals surface area contributed by atoms with Crippen LogP contribution in [0.25, 0.3) is 10.9 Å². The van der Waals surface area contributed by atoms with Gasteiger partial charge in [-0.05, 0) is 18.2 Å². The molecule has 4 nitrogen and oxygen atoms in total. The van der Waals surface area contributed by atoms with E-state index in [1.807, 2.05) is 4.90 Å². The molecule has 1 aromatic carbocycles. The molecule has 5 heteroatoms. The Balaban J connectivity index is 2.55. The molecule has 2 aromatic rings. The summed E-state index contributed by atoms with van der Waals surface area (Å²) in [5, 5.41) is 0.995. The number of H-pyrrole nitrogens is 1. The number of nitrogens with one attached hydrogen (secondary N) is 1. The first kappa shape index (κ1) is 13.4. The van der Waals surface area contributed by atoms with Gasteiger partial charge in [0.2, 0.25) is 5.95 Å². The van der Waals surface area contributed by atoms with Crippen molar-refractivity contribution in [2.45, 2.75) is 0 Å². The molecule has 0 fully saturated rings. The summed E-state index contributed by atoms with van der Waals surface area (Å²) < 4.78 is 0. The minimum Gasteiger partial charge on any atom is -0.335 e. The fourth-order valence-corrected chi connectivity index (χ4v) is 1.98. The summed E-state index contributed by atoms with van der Waals surface area (Å²) in [7, 11) is 0. The molecule has 0 amide bonds. The second-order valence-electron chi connectivity index (χ2n) is 4.03. The minimum absolute atomic E-state index is 0.208. The predicted octanol–water partition coefficient (Wildman–Crippen LogP) is 2.75. The number of aromatic nitrogens is 2. The van der Waals surface area contributed by atoms with Gasteiger partial charge in [-0.1, -0.05) is 23.8 Å². The Hall–Kier alpha value is -2.07. The molecular weight excluding hydrogens is 262 g/mol. The molecule has 0 saturated carbocycles. The van der Waals surface area contributed by atoms with Crippen molar-refractivity contribution in [3.05, 3.63) is 58.9 Å². The molecule has 0 aliphatic carbocycles. The zero-order chi connectivity index (χ0) is 13.8. The van der Waals surface area contributed by atoms with Crippen LogP contribution in [0.15, 0.2) is 48.3 Å². The van der Waals surface area contributed by atoms with Crippen LogP contribution in [0.4, 0.5) is 5.95 Å². The zero-order valence-electron chi connectivity index (χ0n) is 10.4.